The van der Waals surface area contributed by atoms with E-state index in [2.05, 4.69) is 48.8 Å². The van der Waals surface area contributed by atoms with Crippen molar-refractivity contribution >= 4 is 39.3 Å². The first-order valence-electron chi connectivity index (χ1n) is 11.1. The van der Waals surface area contributed by atoms with Gasteiger partial charge < -0.3 is 4.74 Å². The van der Waals surface area contributed by atoms with Crippen LogP contribution in [0.15, 0.2) is 88.9 Å². The van der Waals surface area contributed by atoms with Gasteiger partial charge in [0.25, 0.3) is 5.91 Å². The smallest absolute Gasteiger partial charge is 0.262 e. The molecule has 0 radical (unpaired) electrons. The van der Waals surface area contributed by atoms with Crippen LogP contribution in [-0.4, -0.2) is 12.5 Å². The Morgan fingerprint density at radius 2 is 1.67 bits per heavy atom. The van der Waals surface area contributed by atoms with Crippen molar-refractivity contribution in [2.24, 2.45) is 0 Å². The lowest BCUT2D eigenvalue weighted by Crippen LogP contribution is -2.25. The topological polar surface area (TPSA) is 29.5 Å². The summed E-state index contributed by atoms with van der Waals surface area (Å²) >= 11 is 3.57. The summed E-state index contributed by atoms with van der Waals surface area (Å²) in [5.41, 5.74) is 5.60. The van der Waals surface area contributed by atoms with E-state index < -0.39 is 0 Å². The van der Waals surface area contributed by atoms with E-state index in [1.807, 2.05) is 79.7 Å². The van der Waals surface area contributed by atoms with Crippen molar-refractivity contribution in [3.8, 4) is 5.75 Å². The lowest BCUT2D eigenvalue weighted by molar-refractivity contribution is -0.113. The number of benzene rings is 3. The number of nitrogens with zero attached hydrogens (tertiary/aromatic N) is 1. The summed E-state index contributed by atoms with van der Waals surface area (Å²) in [4.78, 5) is 15.4. The summed E-state index contributed by atoms with van der Waals surface area (Å²) in [6, 6.07) is 24.2. The van der Waals surface area contributed by atoms with Gasteiger partial charge in [-0.15, -0.1) is 0 Å². The van der Waals surface area contributed by atoms with Crippen LogP contribution >= 0.6 is 15.9 Å². The standard InChI is InChI=1S/C29H28BrNO2/c1-5-33-27-16-11-20(18-25(27)30)17-22-19-26(21-9-7-6-8-10-21)31(28(22)32)24-14-12-23(13-15-24)29(2,3)4/h6-19H,5H2,1-4H3/b22-17+. The van der Waals surface area contributed by atoms with Crippen LogP contribution < -0.4 is 9.64 Å². The van der Waals surface area contributed by atoms with E-state index in [0.29, 0.717) is 12.2 Å². The van der Waals surface area contributed by atoms with Gasteiger partial charge in [0.1, 0.15) is 5.75 Å². The lowest BCUT2D eigenvalue weighted by Gasteiger charge is -2.23. The monoisotopic (exact) mass is 501 g/mol. The maximum Gasteiger partial charge on any atom is 0.262 e. The second-order valence-corrected chi connectivity index (χ2v) is 9.91. The molecule has 1 heterocycles. The zero-order valence-corrected chi connectivity index (χ0v) is 21.0. The molecule has 1 amide bonds. The fourth-order valence-corrected chi connectivity index (χ4v) is 4.37. The van der Waals surface area contributed by atoms with Crippen LogP contribution in [0.25, 0.3) is 11.8 Å². The van der Waals surface area contributed by atoms with Crippen molar-refractivity contribution in [2.75, 3.05) is 11.5 Å². The first-order chi connectivity index (χ1) is 15.8. The van der Waals surface area contributed by atoms with Gasteiger partial charge in [0.15, 0.2) is 0 Å². The van der Waals surface area contributed by atoms with Crippen LogP contribution in [-0.2, 0) is 10.2 Å². The highest BCUT2D eigenvalue weighted by Gasteiger charge is 2.30. The van der Waals surface area contributed by atoms with E-state index in [1.54, 1.807) is 4.90 Å². The zero-order valence-electron chi connectivity index (χ0n) is 19.4. The fourth-order valence-electron chi connectivity index (χ4n) is 3.86. The molecule has 0 atom stereocenters. The minimum absolute atomic E-state index is 0.0395. The van der Waals surface area contributed by atoms with Crippen molar-refractivity contribution in [1.82, 2.24) is 0 Å². The number of halogens is 1. The highest BCUT2D eigenvalue weighted by Crippen LogP contribution is 2.37. The fraction of sp³-hybridized carbons (Fsp3) is 0.207. The Morgan fingerprint density at radius 1 is 0.970 bits per heavy atom. The van der Waals surface area contributed by atoms with E-state index in [0.717, 1.165) is 32.7 Å². The second-order valence-electron chi connectivity index (χ2n) is 9.06. The van der Waals surface area contributed by atoms with Crippen molar-refractivity contribution < 1.29 is 9.53 Å². The highest BCUT2D eigenvalue weighted by atomic mass is 79.9. The van der Waals surface area contributed by atoms with Gasteiger partial charge in [-0.1, -0.05) is 69.3 Å². The summed E-state index contributed by atoms with van der Waals surface area (Å²) in [6.07, 6.45) is 3.90. The van der Waals surface area contributed by atoms with Crippen molar-refractivity contribution in [2.45, 2.75) is 33.1 Å². The maximum atomic E-state index is 13.6. The predicted molar refractivity (Wildman–Crippen MR) is 140 cm³/mol. The lowest BCUT2D eigenvalue weighted by atomic mass is 9.87. The first-order valence-corrected chi connectivity index (χ1v) is 11.9. The molecule has 0 saturated carbocycles. The molecule has 3 aromatic rings. The Bertz CT molecular complexity index is 1220. The summed E-state index contributed by atoms with van der Waals surface area (Å²) in [5, 5.41) is 0. The molecule has 33 heavy (non-hydrogen) atoms. The summed E-state index contributed by atoms with van der Waals surface area (Å²) in [6.45, 7) is 9.12. The first kappa shape index (κ1) is 23.1. The average Bonchev–Trinajstić information content (AvgIpc) is 3.12. The number of anilines is 1. The van der Waals surface area contributed by atoms with E-state index in [9.17, 15) is 4.79 Å². The molecule has 0 aliphatic carbocycles. The summed E-state index contributed by atoms with van der Waals surface area (Å²) in [7, 11) is 0. The Balaban J connectivity index is 1.75. The van der Waals surface area contributed by atoms with Crippen LogP contribution in [0.5, 0.6) is 5.75 Å². The van der Waals surface area contributed by atoms with E-state index in [1.165, 1.54) is 5.56 Å². The van der Waals surface area contributed by atoms with E-state index in [4.69, 9.17) is 4.74 Å². The molecular formula is C29H28BrNO2. The van der Waals surface area contributed by atoms with Crippen LogP contribution in [0.2, 0.25) is 0 Å². The van der Waals surface area contributed by atoms with Gasteiger partial charge in [-0.05, 0) is 81.4 Å². The van der Waals surface area contributed by atoms with Gasteiger partial charge in [-0.2, -0.15) is 0 Å². The molecule has 168 valence electrons. The number of carbonyl (C=O) groups excluding carboxylic acids is 1. The number of hydrogen-bond acceptors (Lipinski definition) is 2. The van der Waals surface area contributed by atoms with E-state index in [-0.39, 0.29) is 11.3 Å². The molecule has 0 fully saturated rings. The minimum Gasteiger partial charge on any atom is -0.493 e. The van der Waals surface area contributed by atoms with Crippen LogP contribution in [0.3, 0.4) is 0 Å². The molecule has 1 aliphatic heterocycles. The van der Waals surface area contributed by atoms with Crippen LogP contribution in [0.1, 0.15) is 44.4 Å². The molecule has 0 spiro atoms. The number of ether oxygens (including phenoxy) is 1. The number of rotatable bonds is 5. The van der Waals surface area contributed by atoms with Crippen LogP contribution in [0.4, 0.5) is 5.69 Å². The van der Waals surface area contributed by atoms with E-state index >= 15 is 0 Å². The maximum absolute atomic E-state index is 13.6. The normalized spacial score (nSPS) is 15.2. The Labute approximate surface area is 204 Å². The van der Waals surface area contributed by atoms with Gasteiger partial charge in [0.05, 0.1) is 16.8 Å². The molecule has 1 aliphatic rings. The Morgan fingerprint density at radius 3 is 2.27 bits per heavy atom. The summed E-state index contributed by atoms with van der Waals surface area (Å²) < 4.78 is 6.48. The van der Waals surface area contributed by atoms with Gasteiger partial charge >= 0.3 is 0 Å². The van der Waals surface area contributed by atoms with Gasteiger partial charge in [0, 0.05) is 11.3 Å². The third-order valence-corrected chi connectivity index (χ3v) is 6.24. The Kier molecular flexibility index (Phi) is 6.57. The number of hydrogen-bond donors (Lipinski definition) is 0. The third-order valence-electron chi connectivity index (χ3n) is 5.62. The molecular weight excluding hydrogens is 474 g/mol. The largest absolute Gasteiger partial charge is 0.493 e. The number of carbonyl (C=O) groups is 1. The molecule has 0 aromatic heterocycles. The molecule has 0 unspecified atom stereocenters. The van der Waals surface area contributed by atoms with Crippen molar-refractivity contribution in [3.05, 3.63) is 106 Å². The SMILES string of the molecule is CCOc1ccc(/C=C2\C=C(c3ccccc3)N(c3ccc(C(C)(C)C)cc3)C2=O)cc1Br. The molecule has 0 saturated heterocycles. The zero-order chi connectivity index (χ0) is 23.6. The van der Waals surface area contributed by atoms with Gasteiger partial charge in [0.2, 0.25) is 0 Å². The van der Waals surface area contributed by atoms with Gasteiger partial charge in [-0.25, -0.2) is 0 Å². The quantitative estimate of drug-likeness (QED) is 0.336. The molecule has 0 bridgehead atoms. The molecule has 4 rings (SSSR count). The summed E-state index contributed by atoms with van der Waals surface area (Å²) in [5.74, 6) is 0.751. The van der Waals surface area contributed by atoms with Gasteiger partial charge in [-0.3, -0.25) is 9.69 Å². The average molecular weight is 502 g/mol. The predicted octanol–water partition coefficient (Wildman–Crippen LogP) is 7.62. The van der Waals surface area contributed by atoms with Crippen molar-refractivity contribution in [1.29, 1.82) is 0 Å². The molecule has 4 heteroatoms. The Hall–Kier alpha value is -3.11. The third kappa shape index (κ3) is 4.96. The highest BCUT2D eigenvalue weighted by molar-refractivity contribution is 9.10. The molecule has 3 nitrogen and oxygen atoms in total. The molecule has 0 N–H and O–H groups in total. The second kappa shape index (κ2) is 9.40. The minimum atomic E-state index is -0.0395. The molecule has 3 aromatic carbocycles. The van der Waals surface area contributed by atoms with Crippen molar-refractivity contribution in [3.63, 3.8) is 0 Å². The van der Waals surface area contributed by atoms with Crippen LogP contribution in [0, 0.1) is 0 Å². The number of amides is 1.